The van der Waals surface area contributed by atoms with E-state index in [1.54, 1.807) is 0 Å². The third kappa shape index (κ3) is 23.2. The second-order valence-corrected chi connectivity index (χ2v) is 10.7. The summed E-state index contributed by atoms with van der Waals surface area (Å²) in [4.78, 5) is 0. The van der Waals surface area contributed by atoms with Crippen molar-refractivity contribution in [3.8, 4) is 0 Å². The van der Waals surface area contributed by atoms with Gasteiger partial charge in [0.2, 0.25) is 0 Å². The lowest BCUT2D eigenvalue weighted by atomic mass is 9.82. The predicted octanol–water partition coefficient (Wildman–Crippen LogP) is 12.4. The van der Waals surface area contributed by atoms with Gasteiger partial charge in [-0.1, -0.05) is 168 Å². The van der Waals surface area contributed by atoms with Crippen LogP contribution in [0.5, 0.6) is 0 Å². The largest absolute Gasteiger partial charge is 0.0882 e. The van der Waals surface area contributed by atoms with Crippen LogP contribution in [0.1, 0.15) is 168 Å². The van der Waals surface area contributed by atoms with Crippen LogP contribution in [0.2, 0.25) is 0 Å². The van der Waals surface area contributed by atoms with Crippen molar-refractivity contribution in [3.05, 3.63) is 38.2 Å². The van der Waals surface area contributed by atoms with Crippen LogP contribution in [0.15, 0.2) is 24.3 Å². The first-order chi connectivity index (χ1) is 16.8. The minimum Gasteiger partial charge on any atom is -0.0882 e. The molecule has 0 aromatic rings. The molecule has 0 N–H and O–H groups in total. The van der Waals surface area contributed by atoms with E-state index in [0.717, 1.165) is 24.7 Å². The van der Waals surface area contributed by atoms with Crippen molar-refractivity contribution < 1.29 is 0 Å². The van der Waals surface area contributed by atoms with Crippen LogP contribution >= 0.6 is 0 Å². The Morgan fingerprint density at radius 2 is 0.794 bits per heavy atom. The maximum atomic E-state index is 4.01. The molecule has 0 amide bonds. The fourth-order valence-corrected chi connectivity index (χ4v) is 5.00. The molecular formula is C34H64. The van der Waals surface area contributed by atoms with E-state index in [4.69, 9.17) is 0 Å². The zero-order valence-electron chi connectivity index (χ0n) is 23.8. The SMILES string of the molecule is [CH2]CCCCC=CC(CCCCCCCCC)C(C=CCCCC[CH2])CCCCCCCCC. The van der Waals surface area contributed by atoms with E-state index in [1.807, 2.05) is 0 Å². The summed E-state index contributed by atoms with van der Waals surface area (Å²) in [5.74, 6) is 1.47. The molecule has 0 fully saturated rings. The minimum absolute atomic E-state index is 0.736. The number of hydrogen-bond acceptors (Lipinski definition) is 0. The molecular weight excluding hydrogens is 408 g/mol. The van der Waals surface area contributed by atoms with Crippen molar-refractivity contribution in [2.45, 2.75) is 168 Å². The van der Waals surface area contributed by atoms with Gasteiger partial charge in [-0.25, -0.2) is 0 Å². The van der Waals surface area contributed by atoms with Crippen LogP contribution in [0.25, 0.3) is 0 Å². The maximum absolute atomic E-state index is 4.01. The van der Waals surface area contributed by atoms with Crippen LogP contribution in [-0.2, 0) is 0 Å². The van der Waals surface area contributed by atoms with Gasteiger partial charge in [0.25, 0.3) is 0 Å². The third-order valence-corrected chi connectivity index (χ3v) is 7.34. The minimum atomic E-state index is 0.736. The Hall–Kier alpha value is -0.520. The zero-order chi connectivity index (χ0) is 25.0. The monoisotopic (exact) mass is 473 g/mol. The Kier molecular flexibility index (Phi) is 28.3. The first kappa shape index (κ1) is 33.5. The standard InChI is InChI=1S/C34H64/c1-5-9-13-17-19-23-27-31-33(29-25-21-15-11-7-3)34(30-26-22-16-12-8-4)32-28-24-20-18-14-10-6-2/h25-26,29-30,33-34H,3-24,27-28,31-32H2,1-2H3. The summed E-state index contributed by atoms with van der Waals surface area (Å²) in [6.45, 7) is 12.6. The molecule has 2 radical (unpaired) electrons. The first-order valence-electron chi connectivity index (χ1n) is 15.7. The van der Waals surface area contributed by atoms with E-state index in [0.29, 0.717) is 0 Å². The van der Waals surface area contributed by atoms with Crippen molar-refractivity contribution in [2.75, 3.05) is 0 Å². The summed E-state index contributed by atoms with van der Waals surface area (Å²) in [6, 6.07) is 0. The fraction of sp³-hybridized carbons (Fsp3) is 0.824. The van der Waals surface area contributed by atoms with Crippen LogP contribution in [0.4, 0.5) is 0 Å². The Labute approximate surface area is 217 Å². The average molecular weight is 473 g/mol. The average Bonchev–Trinajstić information content (AvgIpc) is 2.85. The lowest BCUT2D eigenvalue weighted by molar-refractivity contribution is 0.384. The summed E-state index contributed by atoms with van der Waals surface area (Å²) < 4.78 is 0. The molecule has 0 heterocycles. The fourth-order valence-electron chi connectivity index (χ4n) is 5.00. The molecule has 200 valence electrons. The van der Waals surface area contributed by atoms with Gasteiger partial charge in [0.15, 0.2) is 0 Å². The molecule has 0 aliphatic heterocycles. The van der Waals surface area contributed by atoms with Crippen molar-refractivity contribution >= 4 is 0 Å². The lowest BCUT2D eigenvalue weighted by Crippen LogP contribution is -2.11. The second-order valence-electron chi connectivity index (χ2n) is 10.7. The van der Waals surface area contributed by atoms with Crippen LogP contribution in [-0.4, -0.2) is 0 Å². The summed E-state index contributed by atoms with van der Waals surface area (Å²) >= 11 is 0. The highest BCUT2D eigenvalue weighted by molar-refractivity contribution is 5.00. The number of rotatable bonds is 27. The van der Waals surface area contributed by atoms with Gasteiger partial charge in [-0.2, -0.15) is 0 Å². The van der Waals surface area contributed by atoms with Crippen LogP contribution < -0.4 is 0 Å². The predicted molar refractivity (Wildman–Crippen MR) is 158 cm³/mol. The molecule has 2 unspecified atom stereocenters. The molecule has 2 atom stereocenters. The van der Waals surface area contributed by atoms with Crippen LogP contribution in [0, 0.1) is 25.7 Å². The molecule has 0 bridgehead atoms. The van der Waals surface area contributed by atoms with Gasteiger partial charge in [-0.05, 0) is 50.4 Å². The van der Waals surface area contributed by atoms with Crippen molar-refractivity contribution in [1.82, 2.24) is 0 Å². The van der Waals surface area contributed by atoms with Crippen molar-refractivity contribution in [2.24, 2.45) is 11.8 Å². The first-order valence-corrected chi connectivity index (χ1v) is 15.7. The van der Waals surface area contributed by atoms with Gasteiger partial charge in [0, 0.05) is 0 Å². The highest BCUT2D eigenvalue weighted by Crippen LogP contribution is 2.28. The Balaban J connectivity index is 4.82. The van der Waals surface area contributed by atoms with Crippen molar-refractivity contribution in [1.29, 1.82) is 0 Å². The molecule has 0 aliphatic rings. The number of hydrogen-bond donors (Lipinski definition) is 0. The second kappa shape index (κ2) is 28.7. The van der Waals surface area contributed by atoms with Gasteiger partial charge in [0.1, 0.15) is 0 Å². The van der Waals surface area contributed by atoms with Gasteiger partial charge >= 0.3 is 0 Å². The summed E-state index contributed by atoms with van der Waals surface area (Å²) in [5, 5.41) is 0. The molecule has 34 heavy (non-hydrogen) atoms. The van der Waals surface area contributed by atoms with E-state index in [-0.39, 0.29) is 0 Å². The highest BCUT2D eigenvalue weighted by atomic mass is 14.2. The van der Waals surface area contributed by atoms with E-state index >= 15 is 0 Å². The van der Waals surface area contributed by atoms with Crippen LogP contribution in [0.3, 0.4) is 0 Å². The molecule has 0 rings (SSSR count). The molecule has 0 nitrogen and oxygen atoms in total. The zero-order valence-corrected chi connectivity index (χ0v) is 23.8. The number of unbranched alkanes of at least 4 members (excludes halogenated alkanes) is 18. The smallest absolute Gasteiger partial charge is 0.0171 e. The molecule has 0 saturated heterocycles. The summed E-state index contributed by atoms with van der Waals surface area (Å²) in [5.41, 5.74) is 0. The van der Waals surface area contributed by atoms with E-state index in [9.17, 15) is 0 Å². The van der Waals surface area contributed by atoms with Gasteiger partial charge in [-0.3, -0.25) is 0 Å². The molecule has 0 aromatic heterocycles. The Morgan fingerprint density at radius 1 is 0.441 bits per heavy atom. The van der Waals surface area contributed by atoms with E-state index in [2.05, 4.69) is 52.0 Å². The Morgan fingerprint density at radius 3 is 1.15 bits per heavy atom. The highest BCUT2D eigenvalue weighted by Gasteiger charge is 2.16. The topological polar surface area (TPSA) is 0 Å². The van der Waals surface area contributed by atoms with E-state index < -0.39 is 0 Å². The summed E-state index contributed by atoms with van der Waals surface area (Å²) in [6.07, 6.45) is 42.6. The molecule has 0 saturated carbocycles. The van der Waals surface area contributed by atoms with Crippen molar-refractivity contribution in [3.63, 3.8) is 0 Å². The summed E-state index contributed by atoms with van der Waals surface area (Å²) in [7, 11) is 0. The molecule has 0 heteroatoms. The third-order valence-electron chi connectivity index (χ3n) is 7.34. The quantitative estimate of drug-likeness (QED) is 0.0823. The maximum Gasteiger partial charge on any atom is -0.0171 e. The van der Waals surface area contributed by atoms with Gasteiger partial charge in [0.05, 0.1) is 0 Å². The molecule has 0 aromatic carbocycles. The number of allylic oxidation sites excluding steroid dienone is 4. The van der Waals surface area contributed by atoms with Gasteiger partial charge in [-0.15, -0.1) is 0 Å². The van der Waals surface area contributed by atoms with Gasteiger partial charge < -0.3 is 0 Å². The van der Waals surface area contributed by atoms with E-state index in [1.165, 1.54) is 141 Å². The molecule has 0 aliphatic carbocycles. The molecule has 0 spiro atoms. The normalized spacial score (nSPS) is 13.9. The lowest BCUT2D eigenvalue weighted by Gasteiger charge is -2.23. The Bertz CT molecular complexity index is 378.